The summed E-state index contributed by atoms with van der Waals surface area (Å²) in [7, 11) is 1.66. The lowest BCUT2D eigenvalue weighted by Gasteiger charge is -2.27. The third kappa shape index (κ3) is 2.90. The van der Waals surface area contributed by atoms with Crippen LogP contribution in [0.15, 0.2) is 30.5 Å². The molecule has 0 bridgehead atoms. The minimum Gasteiger partial charge on any atom is -0.497 e. The summed E-state index contributed by atoms with van der Waals surface area (Å²) in [6.07, 6.45) is 2.61. The molecule has 1 amide bonds. The summed E-state index contributed by atoms with van der Waals surface area (Å²) in [6, 6.07) is 7.95. The van der Waals surface area contributed by atoms with Gasteiger partial charge in [0.1, 0.15) is 5.75 Å². The second-order valence-corrected chi connectivity index (χ2v) is 6.80. The van der Waals surface area contributed by atoms with Crippen LogP contribution in [0.5, 0.6) is 5.75 Å². The van der Waals surface area contributed by atoms with Crippen molar-refractivity contribution in [1.82, 2.24) is 19.7 Å². The van der Waals surface area contributed by atoms with Crippen molar-refractivity contribution in [1.29, 1.82) is 0 Å². The van der Waals surface area contributed by atoms with Crippen molar-refractivity contribution in [3.8, 4) is 5.75 Å². The van der Waals surface area contributed by atoms with Crippen LogP contribution in [0.3, 0.4) is 0 Å². The normalized spacial score (nSPS) is 13.7. The van der Waals surface area contributed by atoms with Gasteiger partial charge in [0.25, 0.3) is 0 Å². The number of hydrogen-bond donors (Lipinski definition) is 0. The van der Waals surface area contributed by atoms with Crippen LogP contribution < -0.4 is 4.74 Å². The average Bonchev–Trinajstić information content (AvgIpc) is 2.97. The van der Waals surface area contributed by atoms with E-state index in [1.54, 1.807) is 12.0 Å². The largest absolute Gasteiger partial charge is 0.497 e. The van der Waals surface area contributed by atoms with Gasteiger partial charge in [0.05, 0.1) is 19.3 Å². The Hall–Kier alpha value is -2.60. The number of aromatic nitrogens is 3. The lowest BCUT2D eigenvalue weighted by atomic mass is 9.98. The maximum atomic E-state index is 11.4. The highest BCUT2D eigenvalue weighted by molar-refractivity contribution is 6.62. The molecule has 0 aliphatic carbocycles. The number of benzene rings is 1. The molecule has 1 aromatic carbocycles. The van der Waals surface area contributed by atoms with Gasteiger partial charge in [-0.1, -0.05) is 12.1 Å². The van der Waals surface area contributed by atoms with Crippen molar-refractivity contribution in [2.45, 2.75) is 26.4 Å². The first-order chi connectivity index (χ1) is 12.6. The Morgan fingerprint density at radius 3 is 2.77 bits per heavy atom. The van der Waals surface area contributed by atoms with E-state index in [0.717, 1.165) is 40.0 Å². The van der Waals surface area contributed by atoms with E-state index in [-0.39, 0.29) is 0 Å². The zero-order valence-corrected chi connectivity index (χ0v) is 15.5. The van der Waals surface area contributed by atoms with Gasteiger partial charge in [-0.25, -0.2) is 9.67 Å². The SMILES string of the molecule is COc1ccc(Cn2nc(C)c3c4c(cnc32)CN(C(=O)Cl)CC4)cc1. The van der Waals surface area contributed by atoms with Crippen molar-refractivity contribution in [2.24, 2.45) is 0 Å². The Morgan fingerprint density at radius 2 is 2.08 bits per heavy atom. The smallest absolute Gasteiger partial charge is 0.316 e. The molecule has 134 valence electrons. The van der Waals surface area contributed by atoms with Gasteiger partial charge in [-0.15, -0.1) is 0 Å². The van der Waals surface area contributed by atoms with E-state index in [0.29, 0.717) is 19.6 Å². The maximum absolute atomic E-state index is 11.4. The predicted octanol–water partition coefficient (Wildman–Crippen LogP) is 3.51. The predicted molar refractivity (Wildman–Crippen MR) is 99.7 cm³/mol. The number of methoxy groups -OCH3 is 1. The molecule has 0 spiro atoms. The first-order valence-corrected chi connectivity index (χ1v) is 8.86. The van der Waals surface area contributed by atoms with Crippen LogP contribution in [-0.4, -0.2) is 38.7 Å². The van der Waals surface area contributed by atoms with Gasteiger partial charge in [-0.05, 0) is 53.8 Å². The molecule has 26 heavy (non-hydrogen) atoms. The van der Waals surface area contributed by atoms with Gasteiger partial charge in [-0.2, -0.15) is 5.10 Å². The Balaban J connectivity index is 1.71. The standard InChI is InChI=1S/C19H19ClN4O2/c1-12-17-16-7-8-23(19(20)25)11-14(16)9-21-18(17)24(22-12)10-13-3-5-15(26-2)6-4-13/h3-6,9H,7-8,10-11H2,1-2H3. The van der Waals surface area contributed by atoms with Crippen LogP contribution in [0.25, 0.3) is 11.0 Å². The molecule has 0 atom stereocenters. The summed E-state index contributed by atoms with van der Waals surface area (Å²) >= 11 is 5.63. The number of ether oxygens (including phenoxy) is 1. The molecule has 1 aliphatic heterocycles. The molecule has 3 heterocycles. The third-order valence-corrected chi connectivity index (χ3v) is 5.10. The van der Waals surface area contributed by atoms with Crippen molar-refractivity contribution >= 4 is 28.0 Å². The highest BCUT2D eigenvalue weighted by Crippen LogP contribution is 2.29. The van der Waals surface area contributed by atoms with Crippen molar-refractivity contribution < 1.29 is 9.53 Å². The number of nitrogens with zero attached hydrogens (tertiary/aromatic N) is 4. The van der Waals surface area contributed by atoms with Gasteiger partial charge < -0.3 is 9.64 Å². The molecule has 0 saturated heterocycles. The monoisotopic (exact) mass is 370 g/mol. The Morgan fingerprint density at radius 1 is 1.31 bits per heavy atom. The quantitative estimate of drug-likeness (QED) is 0.523. The van der Waals surface area contributed by atoms with E-state index in [1.807, 2.05) is 42.1 Å². The second-order valence-electron chi connectivity index (χ2n) is 6.48. The Kier molecular flexibility index (Phi) is 4.28. The van der Waals surface area contributed by atoms with E-state index >= 15 is 0 Å². The fraction of sp³-hybridized carbons (Fsp3) is 0.316. The highest BCUT2D eigenvalue weighted by atomic mass is 35.5. The first kappa shape index (κ1) is 16.8. The van der Waals surface area contributed by atoms with Crippen LogP contribution in [0.2, 0.25) is 0 Å². The molecule has 6 nitrogen and oxygen atoms in total. The molecular formula is C19H19ClN4O2. The molecule has 0 fully saturated rings. The number of hydrogen-bond acceptors (Lipinski definition) is 4. The molecule has 0 saturated carbocycles. The minimum absolute atomic E-state index is 0.414. The molecule has 3 aromatic rings. The molecule has 4 rings (SSSR count). The second kappa shape index (κ2) is 6.61. The topological polar surface area (TPSA) is 60.2 Å². The fourth-order valence-electron chi connectivity index (χ4n) is 3.55. The summed E-state index contributed by atoms with van der Waals surface area (Å²) in [5.41, 5.74) is 5.24. The van der Waals surface area contributed by atoms with E-state index in [4.69, 9.17) is 21.4 Å². The number of halogens is 1. The van der Waals surface area contributed by atoms with Gasteiger partial charge in [0.2, 0.25) is 0 Å². The van der Waals surface area contributed by atoms with Crippen molar-refractivity contribution in [3.63, 3.8) is 0 Å². The zero-order valence-electron chi connectivity index (χ0n) is 14.7. The van der Waals surface area contributed by atoms with Crippen LogP contribution in [0.4, 0.5) is 4.79 Å². The Bertz CT molecular complexity index is 981. The van der Waals surface area contributed by atoms with Gasteiger partial charge in [-0.3, -0.25) is 4.79 Å². The van der Waals surface area contributed by atoms with E-state index in [9.17, 15) is 4.79 Å². The number of rotatable bonds is 3. The number of aryl methyl sites for hydroxylation is 1. The molecule has 0 unspecified atom stereocenters. The average molecular weight is 371 g/mol. The highest BCUT2D eigenvalue weighted by Gasteiger charge is 2.24. The number of carbonyl (C=O) groups is 1. The molecule has 7 heteroatoms. The zero-order chi connectivity index (χ0) is 18.3. The number of fused-ring (bicyclic) bond motifs is 3. The first-order valence-electron chi connectivity index (χ1n) is 8.48. The van der Waals surface area contributed by atoms with Gasteiger partial charge >= 0.3 is 5.37 Å². The minimum atomic E-state index is -0.414. The maximum Gasteiger partial charge on any atom is 0.316 e. The Labute approximate surface area is 156 Å². The lowest BCUT2D eigenvalue weighted by Crippen LogP contribution is -2.32. The van der Waals surface area contributed by atoms with Crippen LogP contribution in [0.1, 0.15) is 22.4 Å². The summed E-state index contributed by atoms with van der Waals surface area (Å²) < 4.78 is 7.15. The van der Waals surface area contributed by atoms with Crippen molar-refractivity contribution in [3.05, 3.63) is 52.8 Å². The third-order valence-electron chi connectivity index (χ3n) is 4.87. The van der Waals surface area contributed by atoms with Crippen LogP contribution >= 0.6 is 11.6 Å². The van der Waals surface area contributed by atoms with E-state index in [2.05, 4.69) is 4.98 Å². The summed E-state index contributed by atoms with van der Waals surface area (Å²) in [5, 5.41) is 5.39. The summed E-state index contributed by atoms with van der Waals surface area (Å²) in [6.45, 7) is 3.78. The lowest BCUT2D eigenvalue weighted by molar-refractivity contribution is 0.216. The molecular weight excluding hydrogens is 352 g/mol. The number of amides is 1. The molecule has 0 N–H and O–H groups in total. The fourth-order valence-corrected chi connectivity index (χ4v) is 3.69. The summed E-state index contributed by atoms with van der Waals surface area (Å²) in [5.74, 6) is 0.834. The van der Waals surface area contributed by atoms with Gasteiger partial charge in [0, 0.05) is 24.7 Å². The number of carbonyl (C=O) groups excluding carboxylic acids is 1. The molecule has 1 aliphatic rings. The number of pyridine rings is 1. The van der Waals surface area contributed by atoms with E-state index < -0.39 is 5.37 Å². The van der Waals surface area contributed by atoms with Gasteiger partial charge in [0.15, 0.2) is 5.65 Å². The van der Waals surface area contributed by atoms with Crippen LogP contribution in [-0.2, 0) is 19.5 Å². The molecule has 2 aromatic heterocycles. The van der Waals surface area contributed by atoms with Crippen LogP contribution in [0, 0.1) is 6.92 Å². The summed E-state index contributed by atoms with van der Waals surface area (Å²) in [4.78, 5) is 17.7. The van der Waals surface area contributed by atoms with E-state index in [1.165, 1.54) is 5.56 Å². The van der Waals surface area contributed by atoms with Crippen molar-refractivity contribution in [2.75, 3.05) is 13.7 Å². The molecule has 0 radical (unpaired) electrons.